The van der Waals surface area contributed by atoms with Crippen molar-refractivity contribution in [2.24, 2.45) is 0 Å². The van der Waals surface area contributed by atoms with Crippen LogP contribution in [0.3, 0.4) is 0 Å². The zero-order valence-corrected chi connectivity index (χ0v) is 5.56. The number of hydrogen-bond acceptors (Lipinski definition) is 4. The highest BCUT2D eigenvalue weighted by atomic mass is 16.4. The van der Waals surface area contributed by atoms with Gasteiger partial charge in [0.25, 0.3) is 0 Å². The number of aliphatic carboxylic acids is 1. The van der Waals surface area contributed by atoms with Gasteiger partial charge >= 0.3 is 5.97 Å². The van der Waals surface area contributed by atoms with Gasteiger partial charge in [0.15, 0.2) is 0 Å². The van der Waals surface area contributed by atoms with Crippen LogP contribution in [0.2, 0.25) is 0 Å². The van der Waals surface area contributed by atoms with Crippen LogP contribution in [-0.4, -0.2) is 26.2 Å². The molecule has 0 amide bonds. The van der Waals surface area contributed by atoms with Crippen molar-refractivity contribution in [2.75, 3.05) is 0 Å². The monoisotopic (exact) mass is 154 g/mol. The normalized spacial score (nSPS) is 9.45. The van der Waals surface area contributed by atoms with E-state index in [4.69, 9.17) is 10.2 Å². The van der Waals surface area contributed by atoms with Gasteiger partial charge in [0, 0.05) is 0 Å². The van der Waals surface area contributed by atoms with E-state index in [0.717, 1.165) is 6.20 Å². The second-order valence-electron chi connectivity index (χ2n) is 1.94. The predicted molar refractivity (Wildman–Crippen MR) is 35.0 cm³/mol. The fraction of sp³-hybridized carbons (Fsp3) is 0.167. The highest BCUT2D eigenvalue weighted by Crippen LogP contribution is 2.00. The van der Waals surface area contributed by atoms with Gasteiger partial charge in [-0.3, -0.25) is 9.78 Å². The minimum Gasteiger partial charge on any atom is -0.492 e. The van der Waals surface area contributed by atoms with Gasteiger partial charge in [-0.25, -0.2) is 4.98 Å². The van der Waals surface area contributed by atoms with Crippen molar-refractivity contribution < 1.29 is 15.0 Å². The Bertz CT molecular complexity index is 257. The number of hydrogen-bond donors (Lipinski definition) is 2. The van der Waals surface area contributed by atoms with E-state index < -0.39 is 5.97 Å². The van der Waals surface area contributed by atoms with Crippen LogP contribution in [0.5, 0.6) is 5.88 Å². The first-order valence-corrected chi connectivity index (χ1v) is 2.90. The van der Waals surface area contributed by atoms with E-state index in [2.05, 4.69) is 9.97 Å². The van der Waals surface area contributed by atoms with Crippen LogP contribution in [0.25, 0.3) is 0 Å². The summed E-state index contributed by atoms with van der Waals surface area (Å²) in [5, 5.41) is 17.0. The van der Waals surface area contributed by atoms with Gasteiger partial charge in [-0.15, -0.1) is 0 Å². The second-order valence-corrected chi connectivity index (χ2v) is 1.94. The zero-order valence-electron chi connectivity index (χ0n) is 5.56. The molecule has 1 aromatic heterocycles. The molecule has 0 aliphatic rings. The number of nitrogens with zero attached hydrogens (tertiary/aromatic N) is 2. The highest BCUT2D eigenvalue weighted by Gasteiger charge is 2.01. The van der Waals surface area contributed by atoms with Crippen molar-refractivity contribution in [3.05, 3.63) is 18.1 Å². The molecule has 1 aromatic rings. The number of carboxylic acid groups (broad SMARTS) is 1. The molecular weight excluding hydrogens is 148 g/mol. The van der Waals surface area contributed by atoms with E-state index in [-0.39, 0.29) is 12.3 Å². The van der Waals surface area contributed by atoms with E-state index >= 15 is 0 Å². The standard InChI is InChI=1S/C6H6N2O3/c9-5-3-7-4(2-8-5)1-6(10)11/h2-3H,1H2,(H,8,9)(H,10,11). The van der Waals surface area contributed by atoms with E-state index in [0.29, 0.717) is 5.69 Å². The first-order chi connectivity index (χ1) is 5.18. The van der Waals surface area contributed by atoms with Crippen molar-refractivity contribution in [3.63, 3.8) is 0 Å². The lowest BCUT2D eigenvalue weighted by molar-refractivity contribution is -0.136. The van der Waals surface area contributed by atoms with Crippen LogP contribution in [0.15, 0.2) is 12.4 Å². The Morgan fingerprint density at radius 3 is 2.64 bits per heavy atom. The third-order valence-electron chi connectivity index (χ3n) is 1.02. The topological polar surface area (TPSA) is 83.3 Å². The summed E-state index contributed by atoms with van der Waals surface area (Å²) in [7, 11) is 0. The molecular formula is C6H6N2O3. The summed E-state index contributed by atoms with van der Waals surface area (Å²) in [5.74, 6) is -1.18. The van der Waals surface area contributed by atoms with Crippen molar-refractivity contribution in [2.45, 2.75) is 6.42 Å². The summed E-state index contributed by atoms with van der Waals surface area (Å²) in [4.78, 5) is 17.2. The summed E-state index contributed by atoms with van der Waals surface area (Å²) in [6.45, 7) is 0. The average Bonchev–Trinajstić information content (AvgIpc) is 1.93. The van der Waals surface area contributed by atoms with Crippen molar-refractivity contribution in [1.29, 1.82) is 0 Å². The molecule has 0 saturated carbocycles. The SMILES string of the molecule is O=C(O)Cc1cnc(O)cn1. The summed E-state index contributed by atoms with van der Waals surface area (Å²) < 4.78 is 0. The van der Waals surface area contributed by atoms with Crippen LogP contribution in [0.4, 0.5) is 0 Å². The van der Waals surface area contributed by atoms with Gasteiger partial charge in [-0.1, -0.05) is 0 Å². The molecule has 0 saturated heterocycles. The van der Waals surface area contributed by atoms with Crippen LogP contribution in [0, 0.1) is 0 Å². The van der Waals surface area contributed by atoms with Gasteiger partial charge in [0.05, 0.1) is 24.5 Å². The molecule has 2 N–H and O–H groups in total. The fourth-order valence-electron chi connectivity index (χ4n) is 0.594. The average molecular weight is 154 g/mol. The molecule has 5 nitrogen and oxygen atoms in total. The lowest BCUT2D eigenvalue weighted by atomic mass is 10.3. The summed E-state index contributed by atoms with van der Waals surface area (Å²) in [5.41, 5.74) is 0.329. The maximum atomic E-state index is 10.1. The highest BCUT2D eigenvalue weighted by molar-refractivity contribution is 5.69. The number of aromatic hydroxyl groups is 1. The molecule has 0 unspecified atom stereocenters. The molecule has 1 rings (SSSR count). The van der Waals surface area contributed by atoms with Crippen LogP contribution < -0.4 is 0 Å². The maximum Gasteiger partial charge on any atom is 0.309 e. The van der Waals surface area contributed by atoms with Gasteiger partial charge in [0.1, 0.15) is 0 Å². The Morgan fingerprint density at radius 1 is 1.45 bits per heavy atom. The lowest BCUT2D eigenvalue weighted by Crippen LogP contribution is -2.02. The molecule has 0 aromatic carbocycles. The molecule has 0 aliphatic carbocycles. The summed E-state index contributed by atoms with van der Waals surface area (Å²) in [6, 6.07) is 0. The molecule has 0 radical (unpaired) electrons. The smallest absolute Gasteiger partial charge is 0.309 e. The van der Waals surface area contributed by atoms with E-state index in [9.17, 15) is 4.79 Å². The molecule has 0 spiro atoms. The van der Waals surface area contributed by atoms with E-state index in [1.165, 1.54) is 6.20 Å². The van der Waals surface area contributed by atoms with E-state index in [1.807, 2.05) is 0 Å². The van der Waals surface area contributed by atoms with Gasteiger partial charge < -0.3 is 10.2 Å². The molecule has 0 bridgehead atoms. The Kier molecular flexibility index (Phi) is 2.00. The lowest BCUT2D eigenvalue weighted by Gasteiger charge is -1.93. The molecule has 1 heterocycles. The Hall–Kier alpha value is -1.65. The third kappa shape index (κ3) is 2.21. The molecule has 11 heavy (non-hydrogen) atoms. The van der Waals surface area contributed by atoms with Crippen molar-refractivity contribution in [3.8, 4) is 5.88 Å². The molecule has 5 heteroatoms. The quantitative estimate of drug-likeness (QED) is 0.616. The van der Waals surface area contributed by atoms with Crippen LogP contribution in [-0.2, 0) is 11.2 Å². The number of rotatable bonds is 2. The minimum atomic E-state index is -0.968. The van der Waals surface area contributed by atoms with Gasteiger partial charge in [-0.2, -0.15) is 0 Å². The first kappa shape index (κ1) is 7.46. The van der Waals surface area contributed by atoms with Crippen LogP contribution in [0.1, 0.15) is 5.69 Å². The third-order valence-corrected chi connectivity index (χ3v) is 1.02. The number of carboxylic acids is 1. The zero-order chi connectivity index (χ0) is 8.27. The second kappa shape index (κ2) is 2.96. The first-order valence-electron chi connectivity index (χ1n) is 2.90. The Balaban J connectivity index is 2.74. The van der Waals surface area contributed by atoms with Crippen LogP contribution >= 0.6 is 0 Å². The van der Waals surface area contributed by atoms with Gasteiger partial charge in [0.2, 0.25) is 5.88 Å². The Labute approximate surface area is 62.4 Å². The summed E-state index contributed by atoms with van der Waals surface area (Å²) in [6.07, 6.45) is 2.16. The largest absolute Gasteiger partial charge is 0.492 e. The van der Waals surface area contributed by atoms with E-state index in [1.54, 1.807) is 0 Å². The number of aromatic nitrogens is 2. The molecule has 0 atom stereocenters. The molecule has 58 valence electrons. The fourth-order valence-corrected chi connectivity index (χ4v) is 0.594. The molecule has 0 aliphatic heterocycles. The number of carbonyl (C=O) groups is 1. The summed E-state index contributed by atoms with van der Waals surface area (Å²) >= 11 is 0. The maximum absolute atomic E-state index is 10.1. The predicted octanol–water partition coefficient (Wildman–Crippen LogP) is -0.191. The van der Waals surface area contributed by atoms with Crippen molar-refractivity contribution in [1.82, 2.24) is 9.97 Å². The van der Waals surface area contributed by atoms with Gasteiger partial charge in [-0.05, 0) is 0 Å². The Morgan fingerprint density at radius 2 is 2.18 bits per heavy atom. The van der Waals surface area contributed by atoms with Crippen molar-refractivity contribution >= 4 is 5.97 Å². The minimum absolute atomic E-state index is 0.173. The molecule has 0 fully saturated rings.